The first-order valence-corrected chi connectivity index (χ1v) is 8.16. The van der Waals surface area contributed by atoms with Gasteiger partial charge in [-0.05, 0) is 24.3 Å². The van der Waals surface area contributed by atoms with E-state index in [-0.39, 0.29) is 17.6 Å². The van der Waals surface area contributed by atoms with Crippen LogP contribution in [-0.2, 0) is 4.79 Å². The Morgan fingerprint density at radius 3 is 2.38 bits per heavy atom. The van der Waals surface area contributed by atoms with E-state index in [0.717, 1.165) is 30.2 Å². The van der Waals surface area contributed by atoms with Crippen molar-refractivity contribution in [2.75, 3.05) is 31.1 Å². The third kappa shape index (κ3) is 3.53. The fraction of sp³-hybridized carbons (Fsp3) is 0.389. The summed E-state index contributed by atoms with van der Waals surface area (Å²) in [4.78, 5) is 24.7. The third-order valence-corrected chi connectivity index (χ3v) is 4.20. The van der Waals surface area contributed by atoms with Crippen LogP contribution in [0.25, 0.3) is 11.3 Å². The number of benzene rings is 1. The minimum atomic E-state index is -0.265. The van der Waals surface area contributed by atoms with Gasteiger partial charge >= 0.3 is 0 Å². The van der Waals surface area contributed by atoms with Crippen molar-refractivity contribution in [3.63, 3.8) is 0 Å². The van der Waals surface area contributed by atoms with Crippen LogP contribution in [0, 0.1) is 11.7 Å². The Kier molecular flexibility index (Phi) is 4.74. The topological polar surface area (TPSA) is 49.3 Å². The second-order valence-corrected chi connectivity index (χ2v) is 6.24. The molecule has 0 atom stereocenters. The fourth-order valence-corrected chi connectivity index (χ4v) is 2.82. The zero-order valence-corrected chi connectivity index (χ0v) is 13.9. The zero-order chi connectivity index (χ0) is 17.1. The van der Waals surface area contributed by atoms with E-state index < -0.39 is 0 Å². The molecule has 1 saturated heterocycles. The number of hydrogen-bond acceptors (Lipinski definition) is 4. The van der Waals surface area contributed by atoms with Gasteiger partial charge in [-0.15, -0.1) is 0 Å². The molecule has 3 rings (SSSR count). The predicted molar refractivity (Wildman–Crippen MR) is 91.1 cm³/mol. The molecular formula is C18H21FN4O. The lowest BCUT2D eigenvalue weighted by molar-refractivity contribution is -0.134. The molecule has 126 valence electrons. The van der Waals surface area contributed by atoms with Crippen molar-refractivity contribution in [3.05, 3.63) is 42.5 Å². The number of anilines is 1. The van der Waals surface area contributed by atoms with E-state index in [2.05, 4.69) is 14.9 Å². The summed E-state index contributed by atoms with van der Waals surface area (Å²) in [6.45, 7) is 6.75. The summed E-state index contributed by atoms with van der Waals surface area (Å²) in [5.41, 5.74) is 1.62. The van der Waals surface area contributed by atoms with Gasteiger partial charge < -0.3 is 9.80 Å². The first-order valence-electron chi connectivity index (χ1n) is 8.16. The van der Waals surface area contributed by atoms with Gasteiger partial charge in [0.25, 0.3) is 0 Å². The van der Waals surface area contributed by atoms with Crippen molar-refractivity contribution in [2.24, 2.45) is 5.92 Å². The highest BCUT2D eigenvalue weighted by Crippen LogP contribution is 2.22. The van der Waals surface area contributed by atoms with Gasteiger partial charge in [-0.25, -0.2) is 14.4 Å². The molecule has 2 heterocycles. The Morgan fingerprint density at radius 2 is 1.75 bits per heavy atom. The Morgan fingerprint density at radius 1 is 1.08 bits per heavy atom. The van der Waals surface area contributed by atoms with Crippen LogP contribution < -0.4 is 4.90 Å². The van der Waals surface area contributed by atoms with Crippen LogP contribution in [0.5, 0.6) is 0 Å². The van der Waals surface area contributed by atoms with Crippen LogP contribution in [-0.4, -0.2) is 47.0 Å². The molecule has 5 nitrogen and oxygen atoms in total. The first-order chi connectivity index (χ1) is 11.5. The maximum absolute atomic E-state index is 13.1. The molecule has 0 unspecified atom stereocenters. The molecule has 6 heteroatoms. The van der Waals surface area contributed by atoms with Crippen molar-refractivity contribution in [1.82, 2.24) is 14.9 Å². The summed E-state index contributed by atoms with van der Waals surface area (Å²) in [5.74, 6) is 0.796. The number of nitrogens with zero attached hydrogens (tertiary/aromatic N) is 4. The number of carbonyl (C=O) groups is 1. The quantitative estimate of drug-likeness (QED) is 0.869. The Balaban J connectivity index is 1.71. The summed E-state index contributed by atoms with van der Waals surface area (Å²) in [6.07, 6.45) is 1.53. The van der Waals surface area contributed by atoms with Gasteiger partial charge in [0, 0.05) is 43.7 Å². The fourth-order valence-electron chi connectivity index (χ4n) is 2.82. The van der Waals surface area contributed by atoms with Crippen molar-refractivity contribution in [2.45, 2.75) is 13.8 Å². The lowest BCUT2D eigenvalue weighted by Crippen LogP contribution is -2.50. The summed E-state index contributed by atoms with van der Waals surface area (Å²) >= 11 is 0. The predicted octanol–water partition coefficient (Wildman–Crippen LogP) is 2.59. The van der Waals surface area contributed by atoms with E-state index in [0.29, 0.717) is 13.1 Å². The number of hydrogen-bond donors (Lipinski definition) is 0. The summed E-state index contributed by atoms with van der Waals surface area (Å²) in [6, 6.07) is 8.18. The van der Waals surface area contributed by atoms with Crippen molar-refractivity contribution < 1.29 is 9.18 Å². The number of amides is 1. The molecule has 0 saturated carbocycles. The van der Waals surface area contributed by atoms with Gasteiger partial charge in [-0.3, -0.25) is 4.79 Å². The summed E-state index contributed by atoms with van der Waals surface area (Å²) < 4.78 is 13.1. The highest BCUT2D eigenvalue weighted by molar-refractivity contribution is 5.78. The first kappa shape index (κ1) is 16.4. The normalized spacial score (nSPS) is 15.0. The van der Waals surface area contributed by atoms with Crippen LogP contribution in [0.1, 0.15) is 13.8 Å². The van der Waals surface area contributed by atoms with Gasteiger partial charge in [0.05, 0.1) is 5.69 Å². The molecule has 0 spiro atoms. The molecule has 1 aromatic carbocycles. The molecular weight excluding hydrogens is 307 g/mol. The smallest absolute Gasteiger partial charge is 0.225 e. The number of piperazine rings is 1. The minimum Gasteiger partial charge on any atom is -0.353 e. The van der Waals surface area contributed by atoms with Gasteiger partial charge in [-0.1, -0.05) is 13.8 Å². The number of aromatic nitrogens is 2. The Bertz CT molecular complexity index is 709. The molecule has 0 N–H and O–H groups in total. The average Bonchev–Trinajstić information content (AvgIpc) is 2.62. The monoisotopic (exact) mass is 328 g/mol. The van der Waals surface area contributed by atoms with Gasteiger partial charge in [-0.2, -0.15) is 0 Å². The summed E-state index contributed by atoms with van der Waals surface area (Å²) in [7, 11) is 0. The van der Waals surface area contributed by atoms with Crippen molar-refractivity contribution >= 4 is 11.7 Å². The van der Waals surface area contributed by atoms with E-state index in [1.165, 1.54) is 18.5 Å². The van der Waals surface area contributed by atoms with Crippen molar-refractivity contribution in [1.29, 1.82) is 0 Å². The molecule has 0 bridgehead atoms. The molecule has 0 aliphatic carbocycles. The lowest BCUT2D eigenvalue weighted by atomic mass is 10.1. The molecule has 1 aromatic heterocycles. The van der Waals surface area contributed by atoms with Gasteiger partial charge in [0.1, 0.15) is 18.0 Å². The van der Waals surface area contributed by atoms with Crippen LogP contribution in [0.4, 0.5) is 10.2 Å². The van der Waals surface area contributed by atoms with Crippen LogP contribution in [0.3, 0.4) is 0 Å². The standard InChI is InChI=1S/C18H21FN4O/c1-13(2)18(24)23-9-7-22(8-10-23)17-11-16(20-12-21-17)14-3-5-15(19)6-4-14/h3-6,11-13H,7-10H2,1-2H3. The van der Waals surface area contributed by atoms with Gasteiger partial charge in [0.2, 0.25) is 5.91 Å². The van der Waals surface area contributed by atoms with Gasteiger partial charge in [0.15, 0.2) is 0 Å². The largest absolute Gasteiger partial charge is 0.353 e. The SMILES string of the molecule is CC(C)C(=O)N1CCN(c2cc(-c3ccc(F)cc3)ncn2)CC1. The average molecular weight is 328 g/mol. The third-order valence-electron chi connectivity index (χ3n) is 4.20. The van der Waals surface area contributed by atoms with E-state index in [9.17, 15) is 9.18 Å². The van der Waals surface area contributed by atoms with E-state index in [1.807, 2.05) is 24.8 Å². The second-order valence-electron chi connectivity index (χ2n) is 6.24. The Labute approximate surface area is 141 Å². The van der Waals surface area contributed by atoms with Crippen LogP contribution in [0.15, 0.2) is 36.7 Å². The number of halogens is 1. The highest BCUT2D eigenvalue weighted by atomic mass is 19.1. The van der Waals surface area contributed by atoms with E-state index >= 15 is 0 Å². The molecule has 0 radical (unpaired) electrons. The molecule has 1 amide bonds. The van der Waals surface area contributed by atoms with Crippen molar-refractivity contribution in [3.8, 4) is 11.3 Å². The number of carbonyl (C=O) groups excluding carboxylic acids is 1. The maximum Gasteiger partial charge on any atom is 0.225 e. The maximum atomic E-state index is 13.1. The van der Waals surface area contributed by atoms with Crippen LogP contribution >= 0.6 is 0 Å². The van der Waals surface area contributed by atoms with E-state index in [1.54, 1.807) is 12.1 Å². The zero-order valence-electron chi connectivity index (χ0n) is 13.9. The van der Waals surface area contributed by atoms with Crippen LogP contribution in [0.2, 0.25) is 0 Å². The molecule has 1 fully saturated rings. The molecule has 1 aliphatic heterocycles. The number of rotatable bonds is 3. The van der Waals surface area contributed by atoms with E-state index in [4.69, 9.17) is 0 Å². The minimum absolute atomic E-state index is 0.0284. The molecule has 2 aromatic rings. The molecule has 1 aliphatic rings. The Hall–Kier alpha value is -2.50. The summed E-state index contributed by atoms with van der Waals surface area (Å²) in [5, 5.41) is 0. The lowest BCUT2D eigenvalue weighted by Gasteiger charge is -2.36. The highest BCUT2D eigenvalue weighted by Gasteiger charge is 2.23. The molecule has 24 heavy (non-hydrogen) atoms. The second kappa shape index (κ2) is 6.95.